The van der Waals surface area contributed by atoms with E-state index in [2.05, 4.69) is 55.3 Å². The molecule has 0 radical (unpaired) electrons. The predicted molar refractivity (Wildman–Crippen MR) is 85.9 cm³/mol. The van der Waals surface area contributed by atoms with Crippen LogP contribution >= 0.6 is 0 Å². The van der Waals surface area contributed by atoms with E-state index in [1.165, 1.54) is 5.69 Å². The van der Waals surface area contributed by atoms with Crippen LogP contribution in [0.25, 0.3) is 0 Å². The molecule has 0 aliphatic carbocycles. The van der Waals surface area contributed by atoms with Crippen LogP contribution in [0, 0.1) is 5.41 Å². The standard InChI is InChI=1S/C17H28N2O/c1-17(2,3)12-6-7-16(20)18-13-14-8-10-15(11-9-14)19(4)5/h8-11H,6-7,12-13H2,1-5H3,(H,18,20). The highest BCUT2D eigenvalue weighted by Crippen LogP contribution is 2.21. The molecule has 0 saturated carbocycles. The van der Waals surface area contributed by atoms with Crippen LogP contribution in [0.1, 0.15) is 45.6 Å². The number of carbonyl (C=O) groups excluding carboxylic acids is 1. The molecule has 0 saturated heterocycles. The molecular weight excluding hydrogens is 248 g/mol. The molecule has 1 N–H and O–H groups in total. The van der Waals surface area contributed by atoms with Crippen molar-refractivity contribution < 1.29 is 4.79 Å². The summed E-state index contributed by atoms with van der Waals surface area (Å²) < 4.78 is 0. The van der Waals surface area contributed by atoms with E-state index in [9.17, 15) is 4.79 Å². The number of nitrogens with zero attached hydrogens (tertiary/aromatic N) is 1. The number of nitrogens with one attached hydrogen (secondary N) is 1. The second-order valence-electron chi connectivity index (χ2n) is 6.75. The molecule has 1 amide bonds. The summed E-state index contributed by atoms with van der Waals surface area (Å²) in [6, 6.07) is 8.26. The zero-order chi connectivity index (χ0) is 15.2. The maximum atomic E-state index is 11.8. The van der Waals surface area contributed by atoms with E-state index in [4.69, 9.17) is 0 Å². The fourth-order valence-corrected chi connectivity index (χ4v) is 1.98. The Labute approximate surface area is 123 Å². The van der Waals surface area contributed by atoms with Crippen molar-refractivity contribution in [1.29, 1.82) is 0 Å². The smallest absolute Gasteiger partial charge is 0.220 e. The normalized spacial score (nSPS) is 11.2. The van der Waals surface area contributed by atoms with Crippen LogP contribution in [0.15, 0.2) is 24.3 Å². The summed E-state index contributed by atoms with van der Waals surface area (Å²) in [6.45, 7) is 7.23. The molecule has 0 aromatic heterocycles. The van der Waals surface area contributed by atoms with E-state index < -0.39 is 0 Å². The average Bonchev–Trinajstić information content (AvgIpc) is 2.35. The van der Waals surface area contributed by atoms with Crippen molar-refractivity contribution in [3.8, 4) is 0 Å². The first-order valence-corrected chi connectivity index (χ1v) is 7.31. The summed E-state index contributed by atoms with van der Waals surface area (Å²) in [7, 11) is 4.04. The number of amides is 1. The Kier molecular flexibility index (Phi) is 6.05. The lowest BCUT2D eigenvalue weighted by Crippen LogP contribution is -2.22. The zero-order valence-corrected chi connectivity index (χ0v) is 13.5. The van der Waals surface area contributed by atoms with Crippen LogP contribution in [0.2, 0.25) is 0 Å². The van der Waals surface area contributed by atoms with Crippen LogP contribution in [0.4, 0.5) is 5.69 Å². The Balaban J connectivity index is 2.30. The van der Waals surface area contributed by atoms with Gasteiger partial charge in [0.2, 0.25) is 5.91 Å². The molecule has 112 valence electrons. The molecule has 0 spiro atoms. The van der Waals surface area contributed by atoms with E-state index in [1.54, 1.807) is 0 Å². The Bertz CT molecular complexity index is 416. The third kappa shape index (κ3) is 6.60. The summed E-state index contributed by atoms with van der Waals surface area (Å²) in [4.78, 5) is 13.8. The molecular formula is C17H28N2O. The van der Waals surface area contributed by atoms with Gasteiger partial charge >= 0.3 is 0 Å². The first-order chi connectivity index (χ1) is 9.28. The van der Waals surface area contributed by atoms with Crippen molar-refractivity contribution in [3.63, 3.8) is 0 Å². The molecule has 0 aliphatic rings. The number of hydrogen-bond donors (Lipinski definition) is 1. The molecule has 1 aromatic rings. The fraction of sp³-hybridized carbons (Fsp3) is 0.588. The van der Waals surface area contributed by atoms with E-state index in [-0.39, 0.29) is 5.91 Å². The van der Waals surface area contributed by atoms with Crippen LogP contribution in [-0.2, 0) is 11.3 Å². The molecule has 0 bridgehead atoms. The number of benzene rings is 1. The molecule has 1 rings (SSSR count). The van der Waals surface area contributed by atoms with Gasteiger partial charge in [-0.2, -0.15) is 0 Å². The lowest BCUT2D eigenvalue weighted by atomic mass is 9.90. The highest BCUT2D eigenvalue weighted by Gasteiger charge is 2.10. The van der Waals surface area contributed by atoms with Gasteiger partial charge in [0, 0.05) is 32.7 Å². The van der Waals surface area contributed by atoms with Gasteiger partial charge in [0.25, 0.3) is 0 Å². The van der Waals surface area contributed by atoms with Gasteiger partial charge in [0.15, 0.2) is 0 Å². The Morgan fingerprint density at radius 3 is 2.25 bits per heavy atom. The monoisotopic (exact) mass is 276 g/mol. The van der Waals surface area contributed by atoms with Gasteiger partial charge in [-0.1, -0.05) is 32.9 Å². The summed E-state index contributed by atoms with van der Waals surface area (Å²) in [5, 5.41) is 2.98. The Hall–Kier alpha value is -1.51. The van der Waals surface area contributed by atoms with Crippen molar-refractivity contribution in [1.82, 2.24) is 5.32 Å². The third-order valence-electron chi connectivity index (χ3n) is 3.27. The summed E-state index contributed by atoms with van der Waals surface area (Å²) >= 11 is 0. The molecule has 1 aromatic carbocycles. The van der Waals surface area contributed by atoms with Crippen molar-refractivity contribution in [2.75, 3.05) is 19.0 Å². The molecule has 20 heavy (non-hydrogen) atoms. The van der Waals surface area contributed by atoms with Crippen LogP contribution in [0.3, 0.4) is 0 Å². The molecule has 0 fully saturated rings. The third-order valence-corrected chi connectivity index (χ3v) is 3.27. The second-order valence-corrected chi connectivity index (χ2v) is 6.75. The van der Waals surface area contributed by atoms with Gasteiger partial charge in [-0.3, -0.25) is 4.79 Å². The lowest BCUT2D eigenvalue weighted by Gasteiger charge is -2.17. The van der Waals surface area contributed by atoms with Crippen molar-refractivity contribution in [2.24, 2.45) is 5.41 Å². The Morgan fingerprint density at radius 2 is 1.75 bits per heavy atom. The first-order valence-electron chi connectivity index (χ1n) is 7.31. The molecule has 3 heteroatoms. The SMILES string of the molecule is CN(C)c1ccc(CNC(=O)CCCC(C)(C)C)cc1. The number of rotatable bonds is 6. The predicted octanol–water partition coefficient (Wildman–Crippen LogP) is 3.59. The van der Waals surface area contributed by atoms with E-state index >= 15 is 0 Å². The van der Waals surface area contributed by atoms with Crippen LogP contribution in [-0.4, -0.2) is 20.0 Å². The molecule has 0 aliphatic heterocycles. The molecule has 0 unspecified atom stereocenters. The Morgan fingerprint density at radius 1 is 1.15 bits per heavy atom. The quantitative estimate of drug-likeness (QED) is 0.861. The maximum absolute atomic E-state index is 11.8. The minimum absolute atomic E-state index is 0.144. The van der Waals surface area contributed by atoms with E-state index in [0.717, 1.165) is 18.4 Å². The zero-order valence-electron chi connectivity index (χ0n) is 13.5. The highest BCUT2D eigenvalue weighted by molar-refractivity contribution is 5.75. The molecule has 3 nitrogen and oxygen atoms in total. The first kappa shape index (κ1) is 16.5. The number of carbonyl (C=O) groups is 1. The van der Waals surface area contributed by atoms with Gasteiger partial charge in [0.05, 0.1) is 0 Å². The van der Waals surface area contributed by atoms with Gasteiger partial charge in [-0.05, 0) is 36.0 Å². The van der Waals surface area contributed by atoms with Crippen LogP contribution in [0.5, 0.6) is 0 Å². The number of hydrogen-bond acceptors (Lipinski definition) is 2. The van der Waals surface area contributed by atoms with Gasteiger partial charge in [-0.25, -0.2) is 0 Å². The maximum Gasteiger partial charge on any atom is 0.220 e. The molecule has 0 atom stereocenters. The van der Waals surface area contributed by atoms with Gasteiger partial charge in [-0.15, -0.1) is 0 Å². The highest BCUT2D eigenvalue weighted by atomic mass is 16.1. The minimum atomic E-state index is 0.144. The van der Waals surface area contributed by atoms with Gasteiger partial charge in [0.1, 0.15) is 0 Å². The van der Waals surface area contributed by atoms with E-state index in [1.807, 2.05) is 14.1 Å². The van der Waals surface area contributed by atoms with Gasteiger partial charge < -0.3 is 10.2 Å². The van der Waals surface area contributed by atoms with Crippen LogP contribution < -0.4 is 10.2 Å². The topological polar surface area (TPSA) is 32.3 Å². The minimum Gasteiger partial charge on any atom is -0.378 e. The largest absolute Gasteiger partial charge is 0.378 e. The average molecular weight is 276 g/mol. The fourth-order valence-electron chi connectivity index (χ4n) is 1.98. The summed E-state index contributed by atoms with van der Waals surface area (Å²) in [5.74, 6) is 0.144. The van der Waals surface area contributed by atoms with E-state index in [0.29, 0.717) is 18.4 Å². The summed E-state index contributed by atoms with van der Waals surface area (Å²) in [6.07, 6.45) is 2.65. The van der Waals surface area contributed by atoms with Crippen molar-refractivity contribution in [2.45, 2.75) is 46.6 Å². The lowest BCUT2D eigenvalue weighted by molar-refractivity contribution is -0.121. The van der Waals surface area contributed by atoms with Crippen molar-refractivity contribution >= 4 is 11.6 Å². The van der Waals surface area contributed by atoms with Crippen molar-refractivity contribution in [3.05, 3.63) is 29.8 Å². The summed E-state index contributed by atoms with van der Waals surface area (Å²) in [5.41, 5.74) is 2.62. The second kappa shape index (κ2) is 7.32. The molecule has 0 heterocycles. The number of anilines is 1.